The average Bonchev–Trinajstić information content (AvgIpc) is 3.34. The summed E-state index contributed by atoms with van der Waals surface area (Å²) in [4.78, 5) is 124. The predicted molar refractivity (Wildman–Crippen MR) is 244 cm³/mol. The number of imide groups is 2. The highest BCUT2D eigenvalue weighted by atomic mass is 16.6. The largest absolute Gasteiger partial charge is 0.460 e. The van der Waals surface area contributed by atoms with Crippen LogP contribution in [0.25, 0.3) is 0 Å². The summed E-state index contributed by atoms with van der Waals surface area (Å²) in [6.07, 6.45) is 14.2. The molecule has 0 aromatic heterocycles. The molecule has 6 amide bonds. The number of esters is 4. The van der Waals surface area contributed by atoms with Gasteiger partial charge in [0, 0.05) is 50.5 Å². The molecule has 0 heterocycles. The number of isocyanates is 2. The molecule has 0 unspecified atom stereocenters. The van der Waals surface area contributed by atoms with E-state index in [1.807, 2.05) is 0 Å². The molecular weight excluding hydrogens is 911 g/mol. The summed E-state index contributed by atoms with van der Waals surface area (Å²) < 4.78 is 33.9. The summed E-state index contributed by atoms with van der Waals surface area (Å²) in [6.45, 7) is 14.5. The Hall–Kier alpha value is -7.63. The smallest absolute Gasteiger partial charge is 0.418 e. The lowest BCUT2D eigenvalue weighted by Gasteiger charge is -2.21. The number of unbranched alkanes of at least 4 members (excludes halogenated alkanes) is 9. The highest BCUT2D eigenvalue weighted by Crippen LogP contribution is 2.12. The Labute approximate surface area is 401 Å². The number of ether oxygens (including phenoxy) is 7. The number of nitriles is 1. The van der Waals surface area contributed by atoms with Gasteiger partial charge < -0.3 is 43.8 Å². The Morgan fingerprint density at radius 2 is 0.928 bits per heavy atom. The van der Waals surface area contributed by atoms with Crippen molar-refractivity contribution in [2.45, 2.75) is 89.5 Å². The summed E-state index contributed by atoms with van der Waals surface area (Å²) in [7, 11) is 0. The molecule has 0 spiro atoms. The number of amides is 6. The van der Waals surface area contributed by atoms with Crippen molar-refractivity contribution in [1.29, 1.82) is 5.26 Å². The molecule has 24 nitrogen and oxygen atoms in total. The molecule has 0 rings (SSSR count). The van der Waals surface area contributed by atoms with Gasteiger partial charge in [-0.3, -0.25) is 0 Å². The molecule has 0 aromatic carbocycles. The topological polar surface area (TPSA) is 314 Å². The van der Waals surface area contributed by atoms with E-state index in [4.69, 9.17) is 33.7 Å². The lowest BCUT2D eigenvalue weighted by Crippen LogP contribution is -2.45. The van der Waals surface area contributed by atoms with Gasteiger partial charge in [-0.15, -0.1) is 0 Å². The highest BCUT2D eigenvalue weighted by molar-refractivity contribution is 5.91. The zero-order valence-electron chi connectivity index (χ0n) is 39.3. The van der Waals surface area contributed by atoms with Crippen LogP contribution in [-0.4, -0.2) is 155 Å². The van der Waals surface area contributed by atoms with E-state index in [9.17, 15) is 47.9 Å². The molecule has 0 saturated heterocycles. The lowest BCUT2D eigenvalue weighted by molar-refractivity contribution is -0.143. The standard InChI is InChI=1S/C34H52N6O12.C11H13NO5/c1-3-29(42)49-23-25-51-33(46)39(31(44)37-18-12-6-5-11-17-36-28-41)20-14-8-7-13-19-38-32(45)40(21-15-9-10-16-22-48-27-35)34(47)52-26-24-50-30(43)4-2;1-4-9(14)16-6-11(3,12-8-13)7-17-10(15)5-2/h3-4H,1-2,5-26H2,(H,37,44)(H,38,45);4-5H,1-2,6-7H2,3H3. The average molecular weight is 976 g/mol. The zero-order valence-corrected chi connectivity index (χ0v) is 39.3. The van der Waals surface area contributed by atoms with Gasteiger partial charge in [0.05, 0.1) is 6.54 Å². The second-order valence-corrected chi connectivity index (χ2v) is 14.2. The summed E-state index contributed by atoms with van der Waals surface area (Å²) in [5.74, 6) is -2.67. The van der Waals surface area contributed by atoms with Gasteiger partial charge >= 0.3 is 48.1 Å². The van der Waals surface area contributed by atoms with Crippen LogP contribution in [0.1, 0.15) is 84.0 Å². The summed E-state index contributed by atoms with van der Waals surface area (Å²) in [6, 6.07) is -1.29. The van der Waals surface area contributed by atoms with E-state index in [0.29, 0.717) is 71.1 Å². The van der Waals surface area contributed by atoms with Crippen LogP contribution < -0.4 is 10.6 Å². The van der Waals surface area contributed by atoms with Crippen molar-refractivity contribution >= 4 is 60.3 Å². The third kappa shape index (κ3) is 36.2. The molecule has 0 fully saturated rings. The molecule has 0 radical (unpaired) electrons. The van der Waals surface area contributed by atoms with E-state index in [1.54, 1.807) is 6.26 Å². The Balaban J connectivity index is 0. The second kappa shape index (κ2) is 43.0. The van der Waals surface area contributed by atoms with Gasteiger partial charge in [-0.1, -0.05) is 58.4 Å². The van der Waals surface area contributed by atoms with E-state index < -0.39 is 53.7 Å². The number of rotatable bonds is 36. The molecule has 2 N–H and O–H groups in total. The fourth-order valence-corrected chi connectivity index (χ4v) is 5.04. The minimum absolute atomic E-state index is 0.0531. The van der Waals surface area contributed by atoms with Gasteiger partial charge in [-0.25, -0.2) is 62.7 Å². The fraction of sp³-hybridized carbons (Fsp3) is 0.578. The Morgan fingerprint density at radius 1 is 0.536 bits per heavy atom. The van der Waals surface area contributed by atoms with Crippen molar-refractivity contribution in [2.75, 3.05) is 79.0 Å². The van der Waals surface area contributed by atoms with Crippen LogP contribution in [0.3, 0.4) is 0 Å². The van der Waals surface area contributed by atoms with Crippen molar-refractivity contribution in [2.24, 2.45) is 9.98 Å². The van der Waals surface area contributed by atoms with Gasteiger partial charge in [-0.2, -0.15) is 10.3 Å². The SMILES string of the molecule is C=CC(=O)OCC(C)(COC(=O)C=C)N=C=O.C=CC(=O)OCCOC(=O)N(CCCCCCNC(=O)N(CCCCCCOC#N)C(=O)OCCOC(=O)C=C)C(=O)NCCCCCCN=C=O. The van der Waals surface area contributed by atoms with E-state index in [0.717, 1.165) is 59.8 Å². The first kappa shape index (κ1) is 63.5. The number of carbonyl (C=O) groups is 8. The van der Waals surface area contributed by atoms with Crippen molar-refractivity contribution in [3.05, 3.63) is 50.6 Å². The van der Waals surface area contributed by atoms with Crippen LogP contribution in [0.5, 0.6) is 0 Å². The first-order chi connectivity index (χ1) is 33.2. The molecule has 0 atom stereocenters. The van der Waals surface area contributed by atoms with Crippen LogP contribution in [0, 0.1) is 11.5 Å². The van der Waals surface area contributed by atoms with Crippen molar-refractivity contribution in [3.63, 3.8) is 0 Å². The van der Waals surface area contributed by atoms with Gasteiger partial charge in [0.2, 0.25) is 12.2 Å². The van der Waals surface area contributed by atoms with Crippen LogP contribution in [0.4, 0.5) is 19.2 Å². The minimum atomic E-state index is -1.17. The maximum Gasteiger partial charge on any atom is 0.418 e. The van der Waals surface area contributed by atoms with Crippen molar-refractivity contribution in [3.8, 4) is 6.26 Å². The van der Waals surface area contributed by atoms with E-state index in [1.165, 1.54) is 19.1 Å². The molecular formula is C45H65N7O17. The van der Waals surface area contributed by atoms with Crippen molar-refractivity contribution < 1.29 is 81.1 Å². The molecule has 69 heavy (non-hydrogen) atoms. The Morgan fingerprint density at radius 3 is 1.33 bits per heavy atom. The highest BCUT2D eigenvalue weighted by Gasteiger charge is 2.28. The van der Waals surface area contributed by atoms with Gasteiger partial charge in [0.25, 0.3) is 6.26 Å². The van der Waals surface area contributed by atoms with Gasteiger partial charge in [0.1, 0.15) is 51.8 Å². The summed E-state index contributed by atoms with van der Waals surface area (Å²) in [5.41, 5.74) is -1.17. The monoisotopic (exact) mass is 975 g/mol. The molecule has 0 saturated carbocycles. The maximum absolute atomic E-state index is 12.9. The molecule has 0 aliphatic heterocycles. The Bertz CT molecular complexity index is 1760. The number of hydrogen-bond acceptors (Lipinski definition) is 20. The number of hydrogen-bond donors (Lipinski definition) is 2. The first-order valence-corrected chi connectivity index (χ1v) is 21.9. The van der Waals surface area contributed by atoms with Gasteiger partial charge in [-0.05, 0) is 51.9 Å². The van der Waals surface area contributed by atoms with E-state index in [2.05, 4.69) is 51.7 Å². The first-order valence-electron chi connectivity index (χ1n) is 21.9. The molecule has 0 aliphatic carbocycles. The molecule has 0 aromatic rings. The number of urea groups is 2. The zero-order chi connectivity index (χ0) is 52.0. The predicted octanol–water partition coefficient (Wildman–Crippen LogP) is 4.80. The molecule has 0 bridgehead atoms. The lowest BCUT2D eigenvalue weighted by atomic mass is 10.1. The summed E-state index contributed by atoms with van der Waals surface area (Å²) in [5, 5.41) is 13.8. The fourth-order valence-electron chi connectivity index (χ4n) is 5.04. The number of carbonyl (C=O) groups excluding carboxylic acids is 10. The van der Waals surface area contributed by atoms with Crippen molar-refractivity contribution in [1.82, 2.24) is 20.4 Å². The van der Waals surface area contributed by atoms with Crippen LogP contribution in [-0.2, 0) is 61.9 Å². The van der Waals surface area contributed by atoms with Gasteiger partial charge in [0.15, 0.2) is 0 Å². The number of aliphatic imine (C=N–C) groups is 2. The quantitative estimate of drug-likeness (QED) is 0.0162. The Kier molecular flexibility index (Phi) is 39.5. The third-order valence-corrected chi connectivity index (χ3v) is 8.64. The molecule has 382 valence electrons. The summed E-state index contributed by atoms with van der Waals surface area (Å²) >= 11 is 0. The molecule has 0 aliphatic rings. The minimum Gasteiger partial charge on any atom is -0.460 e. The molecule has 24 heteroatoms. The third-order valence-electron chi connectivity index (χ3n) is 8.64. The normalized spacial score (nSPS) is 9.86. The number of nitrogens with zero attached hydrogens (tertiary/aromatic N) is 5. The van der Waals surface area contributed by atoms with E-state index >= 15 is 0 Å². The van der Waals surface area contributed by atoms with Crippen LogP contribution >= 0.6 is 0 Å². The maximum atomic E-state index is 12.9. The van der Waals surface area contributed by atoms with E-state index in [-0.39, 0.29) is 59.3 Å². The van der Waals surface area contributed by atoms with Crippen LogP contribution in [0.2, 0.25) is 0 Å². The second-order valence-electron chi connectivity index (χ2n) is 14.2. The number of nitrogens with one attached hydrogen (secondary N) is 2. The van der Waals surface area contributed by atoms with Crippen LogP contribution in [0.15, 0.2) is 60.6 Å².